The Hall–Kier alpha value is -3.35. The molecule has 1 aromatic carbocycles. The van der Waals surface area contributed by atoms with Crippen LogP contribution >= 0.6 is 0 Å². The number of rotatable bonds is 5. The summed E-state index contributed by atoms with van der Waals surface area (Å²) in [5.41, 5.74) is 11.0. The van der Waals surface area contributed by atoms with Crippen LogP contribution in [0.1, 0.15) is 19.0 Å². The van der Waals surface area contributed by atoms with Crippen LogP contribution in [0, 0.1) is 0 Å². The molecule has 4 rings (SSSR count). The molecule has 4 aromatic rings. The van der Waals surface area contributed by atoms with Gasteiger partial charge in [-0.15, -0.1) is 0 Å². The summed E-state index contributed by atoms with van der Waals surface area (Å²) in [5, 5.41) is 11.8. The first kappa shape index (κ1) is 16.1. The summed E-state index contributed by atoms with van der Waals surface area (Å²) < 4.78 is 0. The monoisotopic (exact) mass is 348 g/mol. The smallest absolute Gasteiger partial charge is 0.219 e. The molecule has 0 aliphatic heterocycles. The molecule has 0 aliphatic carbocycles. The molecule has 7 heteroatoms. The zero-order valence-corrected chi connectivity index (χ0v) is 14.5. The zero-order chi connectivity index (χ0) is 18.1. The molecular weight excluding hydrogens is 328 g/mol. The number of hydrogen-bond acceptors (Lipinski definition) is 4. The number of nitrogens with two attached hydrogens (primary N) is 1. The minimum Gasteiger partial charge on any atom is -0.383 e. The third-order valence-electron chi connectivity index (χ3n) is 4.51. The zero-order valence-electron chi connectivity index (χ0n) is 14.5. The quantitative estimate of drug-likeness (QED) is 0.444. The topological polar surface area (TPSA) is 112 Å². The second kappa shape index (κ2) is 6.51. The number of benzene rings is 1. The summed E-state index contributed by atoms with van der Waals surface area (Å²) in [6.45, 7) is 2.43. The van der Waals surface area contributed by atoms with Crippen LogP contribution in [0.15, 0.2) is 36.5 Å². The largest absolute Gasteiger partial charge is 0.383 e. The van der Waals surface area contributed by atoms with Gasteiger partial charge in [0.05, 0.1) is 16.7 Å². The van der Waals surface area contributed by atoms with Crippen LogP contribution in [0.3, 0.4) is 0 Å². The van der Waals surface area contributed by atoms with Crippen LogP contribution < -0.4 is 11.1 Å². The van der Waals surface area contributed by atoms with E-state index in [1.54, 1.807) is 6.20 Å². The van der Waals surface area contributed by atoms with Gasteiger partial charge in [0.25, 0.3) is 0 Å². The van der Waals surface area contributed by atoms with E-state index >= 15 is 0 Å². The third-order valence-corrected chi connectivity index (χ3v) is 4.51. The normalized spacial score (nSPS) is 11.3. The highest BCUT2D eigenvalue weighted by molar-refractivity contribution is 6.08. The van der Waals surface area contributed by atoms with Crippen LogP contribution in [0.2, 0.25) is 0 Å². The van der Waals surface area contributed by atoms with E-state index in [4.69, 9.17) is 5.73 Å². The lowest BCUT2D eigenvalue weighted by Crippen LogP contribution is -2.24. The predicted octanol–water partition coefficient (Wildman–Crippen LogP) is 2.76. The molecule has 0 unspecified atom stereocenters. The molecule has 0 saturated carbocycles. The number of aromatic amines is 2. The highest BCUT2D eigenvalue weighted by Crippen LogP contribution is 2.30. The molecule has 0 fully saturated rings. The minimum atomic E-state index is 0.0547. The number of nitrogens with one attached hydrogen (secondary N) is 3. The number of H-pyrrole nitrogens is 2. The van der Waals surface area contributed by atoms with Gasteiger partial charge in [-0.3, -0.25) is 9.89 Å². The van der Waals surface area contributed by atoms with Crippen LogP contribution in [0.4, 0.5) is 5.82 Å². The first-order chi connectivity index (χ1) is 12.7. The van der Waals surface area contributed by atoms with E-state index in [0.29, 0.717) is 25.2 Å². The summed E-state index contributed by atoms with van der Waals surface area (Å²) in [4.78, 5) is 19.4. The van der Waals surface area contributed by atoms with Crippen molar-refractivity contribution in [3.63, 3.8) is 0 Å². The third kappa shape index (κ3) is 2.88. The molecule has 0 radical (unpaired) electrons. The van der Waals surface area contributed by atoms with Gasteiger partial charge < -0.3 is 16.0 Å². The van der Waals surface area contributed by atoms with Gasteiger partial charge in [-0.05, 0) is 18.2 Å². The second-order valence-corrected chi connectivity index (χ2v) is 6.24. The molecule has 132 valence electrons. The molecule has 1 amide bonds. The van der Waals surface area contributed by atoms with Crippen LogP contribution in [-0.4, -0.2) is 32.6 Å². The lowest BCUT2D eigenvalue weighted by molar-refractivity contribution is -0.120. The van der Waals surface area contributed by atoms with Crippen molar-refractivity contribution >= 4 is 33.5 Å². The van der Waals surface area contributed by atoms with Gasteiger partial charge in [0.1, 0.15) is 5.82 Å². The summed E-state index contributed by atoms with van der Waals surface area (Å²) in [6, 6.07) is 10.0. The van der Waals surface area contributed by atoms with Gasteiger partial charge in [0, 0.05) is 47.6 Å². The number of nitrogen functional groups attached to an aromatic ring is 1. The van der Waals surface area contributed by atoms with E-state index < -0.39 is 0 Å². The fraction of sp³-hybridized carbons (Fsp3) is 0.211. The Morgan fingerprint density at radius 3 is 2.88 bits per heavy atom. The maximum absolute atomic E-state index is 11.4. The second-order valence-electron chi connectivity index (χ2n) is 6.24. The van der Waals surface area contributed by atoms with Crippen molar-refractivity contribution in [2.75, 3.05) is 12.3 Å². The van der Waals surface area contributed by atoms with E-state index in [0.717, 1.165) is 38.8 Å². The van der Waals surface area contributed by atoms with Crippen LogP contribution in [0.5, 0.6) is 0 Å². The predicted molar refractivity (Wildman–Crippen MR) is 103 cm³/mol. The minimum absolute atomic E-state index is 0.0547. The Bertz CT molecular complexity index is 1080. The van der Waals surface area contributed by atoms with Crippen molar-refractivity contribution in [1.82, 2.24) is 25.5 Å². The number of anilines is 1. The van der Waals surface area contributed by atoms with E-state index in [9.17, 15) is 4.79 Å². The number of amides is 1. The van der Waals surface area contributed by atoms with E-state index in [2.05, 4.69) is 25.5 Å². The summed E-state index contributed by atoms with van der Waals surface area (Å²) in [5.74, 6) is 0.549. The molecule has 3 heterocycles. The van der Waals surface area contributed by atoms with Crippen molar-refractivity contribution in [1.29, 1.82) is 0 Å². The number of nitrogens with zero attached hydrogens (tertiary/aromatic N) is 2. The number of carbonyl (C=O) groups excluding carboxylic acids is 1. The lowest BCUT2D eigenvalue weighted by atomic mass is 10.1. The Balaban J connectivity index is 1.71. The van der Waals surface area contributed by atoms with Gasteiger partial charge >= 0.3 is 0 Å². The Kier molecular flexibility index (Phi) is 4.04. The maximum atomic E-state index is 11.4. The molecule has 26 heavy (non-hydrogen) atoms. The van der Waals surface area contributed by atoms with E-state index in [1.165, 1.54) is 0 Å². The summed E-state index contributed by atoms with van der Waals surface area (Å²) in [6.07, 6.45) is 2.93. The van der Waals surface area contributed by atoms with Crippen LogP contribution in [0.25, 0.3) is 33.1 Å². The Labute approximate surface area is 150 Å². The van der Waals surface area contributed by atoms with E-state index in [1.807, 2.05) is 37.3 Å². The molecule has 0 spiro atoms. The van der Waals surface area contributed by atoms with Crippen molar-refractivity contribution in [2.24, 2.45) is 0 Å². The molecule has 0 atom stereocenters. The molecule has 0 saturated heterocycles. The molecule has 0 bridgehead atoms. The Morgan fingerprint density at radius 1 is 1.23 bits per heavy atom. The van der Waals surface area contributed by atoms with Crippen molar-refractivity contribution in [3.8, 4) is 11.3 Å². The van der Waals surface area contributed by atoms with Gasteiger partial charge in [-0.2, -0.15) is 5.10 Å². The summed E-state index contributed by atoms with van der Waals surface area (Å²) >= 11 is 0. The van der Waals surface area contributed by atoms with Crippen molar-refractivity contribution in [3.05, 3.63) is 42.2 Å². The van der Waals surface area contributed by atoms with E-state index in [-0.39, 0.29) is 5.91 Å². The van der Waals surface area contributed by atoms with Gasteiger partial charge in [0.15, 0.2) is 0 Å². The number of carbonyl (C=O) groups is 1. The standard InChI is InChI=1S/C19H20N6O/c1-2-17(26)21-7-5-12-10-14-18(23-12)13-4-3-11(15-6-8-22-25-15)9-16(13)24-19(14)20/h3-4,6,8-10,23H,2,5,7H2,1H3,(H2,20,24)(H,21,26)(H,22,25). The molecular formula is C19H20N6O. The molecule has 0 aliphatic rings. The fourth-order valence-electron chi connectivity index (χ4n) is 3.13. The SMILES string of the molecule is CCC(=O)NCCc1cc2c(N)nc3cc(-c4ccn[nH]4)ccc3c2[nH]1. The maximum Gasteiger partial charge on any atom is 0.219 e. The first-order valence-corrected chi connectivity index (χ1v) is 8.63. The number of hydrogen-bond donors (Lipinski definition) is 4. The number of pyridine rings is 1. The average molecular weight is 348 g/mol. The molecule has 5 N–H and O–H groups in total. The highest BCUT2D eigenvalue weighted by Gasteiger charge is 2.11. The fourth-order valence-corrected chi connectivity index (χ4v) is 3.13. The van der Waals surface area contributed by atoms with Gasteiger partial charge in [-0.25, -0.2) is 4.98 Å². The Morgan fingerprint density at radius 2 is 2.12 bits per heavy atom. The first-order valence-electron chi connectivity index (χ1n) is 8.63. The summed E-state index contributed by atoms with van der Waals surface area (Å²) in [7, 11) is 0. The van der Waals surface area contributed by atoms with Crippen molar-refractivity contribution in [2.45, 2.75) is 19.8 Å². The average Bonchev–Trinajstić information content (AvgIpc) is 3.31. The van der Waals surface area contributed by atoms with Gasteiger partial charge in [-0.1, -0.05) is 19.1 Å². The number of fused-ring (bicyclic) bond motifs is 3. The van der Waals surface area contributed by atoms with Gasteiger partial charge in [0.2, 0.25) is 5.91 Å². The van der Waals surface area contributed by atoms with Crippen LogP contribution in [-0.2, 0) is 11.2 Å². The molecule has 7 nitrogen and oxygen atoms in total. The number of aromatic nitrogens is 4. The van der Waals surface area contributed by atoms with Crippen molar-refractivity contribution < 1.29 is 4.79 Å². The highest BCUT2D eigenvalue weighted by atomic mass is 16.1. The molecule has 3 aromatic heterocycles. The lowest BCUT2D eigenvalue weighted by Gasteiger charge is -2.05.